The van der Waals surface area contributed by atoms with E-state index in [4.69, 9.17) is 4.74 Å². The molecular weight excluding hydrogens is 258 g/mol. The fourth-order valence-electron chi connectivity index (χ4n) is 4.71. The average Bonchev–Trinajstić information content (AvgIpc) is 2.96. The van der Waals surface area contributed by atoms with Gasteiger partial charge in [0.05, 0.1) is 6.10 Å². The van der Waals surface area contributed by atoms with Crippen molar-refractivity contribution in [2.75, 3.05) is 19.7 Å². The number of fused-ring (bicyclic) bond motifs is 1. The molecule has 3 atom stereocenters. The smallest absolute Gasteiger partial charge is 0.0624 e. The number of hydrogen-bond donors (Lipinski definition) is 0. The minimum atomic E-state index is 0.484. The van der Waals surface area contributed by atoms with Crippen LogP contribution in [-0.2, 0) is 11.2 Å². The van der Waals surface area contributed by atoms with E-state index in [2.05, 4.69) is 29.2 Å². The van der Waals surface area contributed by atoms with E-state index >= 15 is 0 Å². The van der Waals surface area contributed by atoms with Crippen molar-refractivity contribution in [1.82, 2.24) is 4.90 Å². The lowest BCUT2D eigenvalue weighted by molar-refractivity contribution is -0.0462. The third-order valence-electron chi connectivity index (χ3n) is 5.71. The van der Waals surface area contributed by atoms with Crippen LogP contribution < -0.4 is 0 Å². The first-order valence-electron chi connectivity index (χ1n) is 8.87. The molecule has 0 radical (unpaired) electrons. The fourth-order valence-corrected chi connectivity index (χ4v) is 4.71. The molecule has 0 saturated carbocycles. The van der Waals surface area contributed by atoms with E-state index < -0.39 is 0 Å². The van der Waals surface area contributed by atoms with Gasteiger partial charge in [-0.25, -0.2) is 0 Å². The second kappa shape index (κ2) is 6.10. The normalized spacial score (nSPS) is 33.8. The maximum absolute atomic E-state index is 6.19. The third-order valence-corrected chi connectivity index (χ3v) is 5.71. The van der Waals surface area contributed by atoms with Gasteiger partial charge in [0.15, 0.2) is 0 Å². The Morgan fingerprint density at radius 3 is 2.62 bits per heavy atom. The summed E-state index contributed by atoms with van der Waals surface area (Å²) < 4.78 is 6.19. The highest BCUT2D eigenvalue weighted by atomic mass is 16.5. The van der Waals surface area contributed by atoms with E-state index in [1.54, 1.807) is 11.1 Å². The summed E-state index contributed by atoms with van der Waals surface area (Å²) in [6.07, 6.45) is 9.74. The van der Waals surface area contributed by atoms with Gasteiger partial charge in [-0.1, -0.05) is 30.7 Å². The van der Waals surface area contributed by atoms with Crippen LogP contribution in [0.1, 0.15) is 55.7 Å². The Balaban J connectivity index is 1.62. The zero-order valence-corrected chi connectivity index (χ0v) is 13.0. The van der Waals surface area contributed by atoms with Gasteiger partial charge in [-0.3, -0.25) is 4.90 Å². The Hall–Kier alpha value is -0.860. The summed E-state index contributed by atoms with van der Waals surface area (Å²) in [6.45, 7) is 3.54. The molecule has 4 rings (SSSR count). The predicted molar refractivity (Wildman–Crippen MR) is 85.4 cm³/mol. The highest BCUT2D eigenvalue weighted by Crippen LogP contribution is 2.45. The lowest BCUT2D eigenvalue weighted by atomic mass is 9.88. The van der Waals surface area contributed by atoms with E-state index in [0.29, 0.717) is 18.1 Å². The monoisotopic (exact) mass is 285 g/mol. The van der Waals surface area contributed by atoms with Crippen LogP contribution >= 0.6 is 0 Å². The Morgan fingerprint density at radius 2 is 1.81 bits per heavy atom. The zero-order chi connectivity index (χ0) is 14.1. The van der Waals surface area contributed by atoms with E-state index in [1.165, 1.54) is 58.0 Å². The van der Waals surface area contributed by atoms with E-state index in [0.717, 1.165) is 6.61 Å². The summed E-state index contributed by atoms with van der Waals surface area (Å²) in [6, 6.07) is 9.76. The molecule has 1 aromatic rings. The van der Waals surface area contributed by atoms with Crippen molar-refractivity contribution in [1.29, 1.82) is 0 Å². The van der Waals surface area contributed by atoms with Gasteiger partial charge in [-0.15, -0.1) is 0 Å². The molecular formula is C19H27NO. The minimum absolute atomic E-state index is 0.484. The van der Waals surface area contributed by atoms with Crippen LogP contribution in [0.15, 0.2) is 24.3 Å². The molecule has 2 saturated heterocycles. The quantitative estimate of drug-likeness (QED) is 0.815. The molecule has 2 nitrogen and oxygen atoms in total. The maximum atomic E-state index is 6.19. The SMILES string of the molecule is c1ccc2c(c1)CC(C1CCCCO1)C2N1CCCCC1. The van der Waals surface area contributed by atoms with Crippen LogP contribution in [0.3, 0.4) is 0 Å². The highest BCUT2D eigenvalue weighted by Gasteiger charge is 2.41. The van der Waals surface area contributed by atoms with Crippen LogP contribution in [0.25, 0.3) is 0 Å². The molecule has 2 aliphatic heterocycles. The lowest BCUT2D eigenvalue weighted by Gasteiger charge is -2.40. The first kappa shape index (κ1) is 13.8. The Kier molecular flexibility index (Phi) is 4.00. The predicted octanol–water partition coefficient (Wildman–Crippen LogP) is 3.96. The number of rotatable bonds is 2. The molecule has 0 amide bonds. The first-order valence-corrected chi connectivity index (χ1v) is 8.87. The highest BCUT2D eigenvalue weighted by molar-refractivity contribution is 5.36. The fraction of sp³-hybridized carbons (Fsp3) is 0.684. The largest absolute Gasteiger partial charge is 0.378 e. The second-order valence-electron chi connectivity index (χ2n) is 7.01. The Morgan fingerprint density at radius 1 is 0.952 bits per heavy atom. The molecule has 1 aliphatic carbocycles. The molecule has 114 valence electrons. The van der Waals surface area contributed by atoms with Gasteiger partial charge in [0.1, 0.15) is 0 Å². The second-order valence-corrected chi connectivity index (χ2v) is 7.01. The molecule has 3 unspecified atom stereocenters. The van der Waals surface area contributed by atoms with Gasteiger partial charge in [0.25, 0.3) is 0 Å². The minimum Gasteiger partial charge on any atom is -0.378 e. The van der Waals surface area contributed by atoms with Gasteiger partial charge in [-0.2, -0.15) is 0 Å². The molecule has 3 aliphatic rings. The number of ether oxygens (including phenoxy) is 1. The van der Waals surface area contributed by atoms with Crippen LogP contribution in [-0.4, -0.2) is 30.7 Å². The van der Waals surface area contributed by atoms with Crippen molar-refractivity contribution in [2.45, 2.75) is 57.1 Å². The number of likely N-dealkylation sites (tertiary alicyclic amines) is 1. The standard InChI is InChI=1S/C19H27NO/c1-5-11-20(12-6-1)19-16-9-3-2-8-15(16)14-17(19)18-10-4-7-13-21-18/h2-3,8-9,17-19H,1,4-7,10-14H2. The van der Waals surface area contributed by atoms with Gasteiger partial charge >= 0.3 is 0 Å². The lowest BCUT2D eigenvalue weighted by Crippen LogP contribution is -2.41. The first-order chi connectivity index (χ1) is 10.4. The summed E-state index contributed by atoms with van der Waals surface area (Å²) >= 11 is 0. The Labute approximate surface area is 128 Å². The summed E-state index contributed by atoms with van der Waals surface area (Å²) in [5.41, 5.74) is 3.17. The van der Waals surface area contributed by atoms with Gasteiger partial charge in [-0.05, 0) is 62.7 Å². The number of piperidine rings is 1. The maximum Gasteiger partial charge on any atom is 0.0624 e. The molecule has 2 fully saturated rings. The van der Waals surface area contributed by atoms with E-state index in [9.17, 15) is 0 Å². The molecule has 0 N–H and O–H groups in total. The van der Waals surface area contributed by atoms with Crippen molar-refractivity contribution in [3.05, 3.63) is 35.4 Å². The topological polar surface area (TPSA) is 12.5 Å². The third kappa shape index (κ3) is 2.64. The molecule has 1 aromatic carbocycles. The molecule has 0 aromatic heterocycles. The van der Waals surface area contributed by atoms with Gasteiger partial charge < -0.3 is 4.74 Å². The van der Waals surface area contributed by atoms with Gasteiger partial charge in [0, 0.05) is 18.6 Å². The van der Waals surface area contributed by atoms with E-state index in [1.807, 2.05) is 0 Å². The average molecular weight is 285 g/mol. The molecule has 2 heteroatoms. The van der Waals surface area contributed by atoms with Crippen molar-refractivity contribution in [2.24, 2.45) is 5.92 Å². The molecule has 2 heterocycles. The zero-order valence-electron chi connectivity index (χ0n) is 13.0. The number of benzene rings is 1. The summed E-state index contributed by atoms with van der Waals surface area (Å²) in [5.74, 6) is 0.681. The molecule has 21 heavy (non-hydrogen) atoms. The molecule has 0 spiro atoms. The summed E-state index contributed by atoms with van der Waals surface area (Å²) in [5, 5.41) is 0. The van der Waals surface area contributed by atoms with Crippen molar-refractivity contribution >= 4 is 0 Å². The van der Waals surface area contributed by atoms with Crippen LogP contribution in [0.4, 0.5) is 0 Å². The molecule has 0 bridgehead atoms. The van der Waals surface area contributed by atoms with E-state index in [-0.39, 0.29) is 0 Å². The summed E-state index contributed by atoms with van der Waals surface area (Å²) in [7, 11) is 0. The number of hydrogen-bond acceptors (Lipinski definition) is 2. The van der Waals surface area contributed by atoms with Crippen molar-refractivity contribution < 1.29 is 4.74 Å². The van der Waals surface area contributed by atoms with Crippen LogP contribution in [0.2, 0.25) is 0 Å². The van der Waals surface area contributed by atoms with Crippen LogP contribution in [0.5, 0.6) is 0 Å². The van der Waals surface area contributed by atoms with Crippen molar-refractivity contribution in [3.63, 3.8) is 0 Å². The number of nitrogens with zero attached hydrogens (tertiary/aromatic N) is 1. The summed E-state index contributed by atoms with van der Waals surface area (Å²) in [4.78, 5) is 2.76. The van der Waals surface area contributed by atoms with Crippen LogP contribution in [0, 0.1) is 5.92 Å². The van der Waals surface area contributed by atoms with Gasteiger partial charge in [0.2, 0.25) is 0 Å². The van der Waals surface area contributed by atoms with Crippen molar-refractivity contribution in [3.8, 4) is 0 Å². The Bertz CT molecular complexity index is 474.